The van der Waals surface area contributed by atoms with Gasteiger partial charge in [-0.25, -0.2) is 0 Å². The van der Waals surface area contributed by atoms with E-state index >= 15 is 0 Å². The van der Waals surface area contributed by atoms with Crippen molar-refractivity contribution in [3.05, 3.63) is 75.6 Å². The van der Waals surface area contributed by atoms with Gasteiger partial charge in [0.2, 0.25) is 0 Å². The Hall–Kier alpha value is -2.89. The first kappa shape index (κ1) is 18.5. The van der Waals surface area contributed by atoms with Crippen LogP contribution in [0.4, 0.5) is 5.82 Å². The van der Waals surface area contributed by atoms with Crippen LogP contribution in [0.3, 0.4) is 0 Å². The normalized spacial score (nSPS) is 11.0. The Labute approximate surface area is 171 Å². The molecule has 2 heterocycles. The molecule has 140 valence electrons. The highest BCUT2D eigenvalue weighted by Crippen LogP contribution is 2.38. The fraction of sp³-hybridized carbons (Fsp3) is 0.0952. The molecule has 0 fully saturated rings. The van der Waals surface area contributed by atoms with Crippen LogP contribution in [-0.2, 0) is 0 Å². The summed E-state index contributed by atoms with van der Waals surface area (Å²) >= 11 is 12.7. The van der Waals surface area contributed by atoms with E-state index in [1.807, 2.05) is 24.3 Å². The highest BCUT2D eigenvalue weighted by molar-refractivity contribution is 6.35. The van der Waals surface area contributed by atoms with E-state index in [1.54, 1.807) is 38.1 Å². The molecule has 0 unspecified atom stereocenters. The van der Waals surface area contributed by atoms with Gasteiger partial charge < -0.3 is 9.84 Å². The van der Waals surface area contributed by atoms with Crippen molar-refractivity contribution >= 4 is 45.8 Å². The average molecular weight is 412 g/mol. The Morgan fingerprint density at radius 3 is 2.57 bits per heavy atom. The minimum absolute atomic E-state index is 0.332. The Kier molecular flexibility index (Phi) is 4.79. The van der Waals surface area contributed by atoms with Gasteiger partial charge in [0.1, 0.15) is 5.76 Å². The number of nitrogens with one attached hydrogen (secondary N) is 1. The van der Waals surface area contributed by atoms with Gasteiger partial charge in [0.25, 0.3) is 5.91 Å². The van der Waals surface area contributed by atoms with E-state index in [-0.39, 0.29) is 5.91 Å². The SMILES string of the molecule is Cc1cc(NC(=O)c2c(C)nc3ccc(Cl)cc3c2-c2ccccc2Cl)no1. The van der Waals surface area contributed by atoms with E-state index in [9.17, 15) is 4.79 Å². The second-order valence-corrected chi connectivity index (χ2v) is 7.21. The van der Waals surface area contributed by atoms with Gasteiger partial charge in [-0.1, -0.05) is 46.6 Å². The molecular weight excluding hydrogens is 397 g/mol. The summed E-state index contributed by atoms with van der Waals surface area (Å²) in [5.41, 5.74) is 3.10. The quantitative estimate of drug-likeness (QED) is 0.444. The lowest BCUT2D eigenvalue weighted by Crippen LogP contribution is -2.16. The van der Waals surface area contributed by atoms with Gasteiger partial charge in [-0.2, -0.15) is 0 Å². The molecule has 2 aromatic heterocycles. The molecule has 0 aliphatic heterocycles. The Bertz CT molecular complexity index is 1220. The van der Waals surface area contributed by atoms with Crippen LogP contribution in [0.5, 0.6) is 0 Å². The van der Waals surface area contributed by atoms with Crippen LogP contribution in [0, 0.1) is 13.8 Å². The monoisotopic (exact) mass is 411 g/mol. The van der Waals surface area contributed by atoms with E-state index in [2.05, 4.69) is 15.5 Å². The van der Waals surface area contributed by atoms with Crippen LogP contribution in [0.2, 0.25) is 10.0 Å². The maximum absolute atomic E-state index is 13.2. The number of benzene rings is 2. The number of pyridine rings is 1. The van der Waals surface area contributed by atoms with Crippen LogP contribution >= 0.6 is 23.2 Å². The number of amides is 1. The highest BCUT2D eigenvalue weighted by Gasteiger charge is 2.22. The van der Waals surface area contributed by atoms with Crippen LogP contribution < -0.4 is 5.32 Å². The Morgan fingerprint density at radius 2 is 1.86 bits per heavy atom. The Morgan fingerprint density at radius 1 is 1.07 bits per heavy atom. The summed E-state index contributed by atoms with van der Waals surface area (Å²) in [7, 11) is 0. The molecule has 4 rings (SSSR count). The summed E-state index contributed by atoms with van der Waals surface area (Å²) in [5.74, 6) is 0.579. The molecule has 1 amide bonds. The number of carbonyl (C=O) groups is 1. The fourth-order valence-electron chi connectivity index (χ4n) is 3.18. The predicted molar refractivity (Wildman–Crippen MR) is 111 cm³/mol. The van der Waals surface area contributed by atoms with E-state index in [0.29, 0.717) is 38.4 Å². The number of rotatable bonds is 3. The number of hydrogen-bond donors (Lipinski definition) is 1. The molecule has 0 aliphatic rings. The largest absolute Gasteiger partial charge is 0.360 e. The topological polar surface area (TPSA) is 68.0 Å². The number of hydrogen-bond acceptors (Lipinski definition) is 4. The van der Waals surface area contributed by atoms with Crippen LogP contribution in [0.15, 0.2) is 53.1 Å². The van der Waals surface area contributed by atoms with Gasteiger partial charge in [0, 0.05) is 32.6 Å². The van der Waals surface area contributed by atoms with Crippen molar-refractivity contribution < 1.29 is 9.32 Å². The number of nitrogens with zero attached hydrogens (tertiary/aromatic N) is 2. The predicted octanol–water partition coefficient (Wildman–Crippen LogP) is 6.07. The van der Waals surface area contributed by atoms with Gasteiger partial charge >= 0.3 is 0 Å². The minimum Gasteiger partial charge on any atom is -0.360 e. The summed E-state index contributed by atoms with van der Waals surface area (Å²) in [6.07, 6.45) is 0. The summed E-state index contributed by atoms with van der Waals surface area (Å²) in [5, 5.41) is 8.42. The molecule has 0 saturated heterocycles. The van der Waals surface area contributed by atoms with Crippen molar-refractivity contribution in [2.75, 3.05) is 5.32 Å². The van der Waals surface area contributed by atoms with Gasteiger partial charge in [-0.3, -0.25) is 9.78 Å². The first-order valence-corrected chi connectivity index (χ1v) is 9.29. The third-order valence-electron chi connectivity index (χ3n) is 4.37. The molecule has 7 heteroatoms. The zero-order chi connectivity index (χ0) is 19.8. The summed E-state index contributed by atoms with van der Waals surface area (Å²) in [6, 6.07) is 14.4. The zero-order valence-electron chi connectivity index (χ0n) is 15.1. The lowest BCUT2D eigenvalue weighted by Gasteiger charge is -2.16. The van der Waals surface area contributed by atoms with E-state index in [4.69, 9.17) is 27.7 Å². The number of halogens is 2. The lowest BCUT2D eigenvalue weighted by atomic mass is 9.93. The molecule has 5 nitrogen and oxygen atoms in total. The maximum Gasteiger partial charge on any atom is 0.259 e. The number of anilines is 1. The van der Waals surface area contributed by atoms with Crippen molar-refractivity contribution in [3.8, 4) is 11.1 Å². The smallest absolute Gasteiger partial charge is 0.259 e. The van der Waals surface area contributed by atoms with Crippen LogP contribution in [-0.4, -0.2) is 16.0 Å². The van der Waals surface area contributed by atoms with Crippen molar-refractivity contribution in [3.63, 3.8) is 0 Å². The molecule has 4 aromatic rings. The molecule has 0 saturated carbocycles. The standard InChI is InChI=1S/C21H15Cl2N3O2/c1-11-9-18(26-28-11)25-21(27)19-12(2)24-17-8-7-13(22)10-15(17)20(19)14-5-3-4-6-16(14)23/h3-10H,1-2H3,(H,25,26,27). The van der Waals surface area contributed by atoms with E-state index in [1.165, 1.54) is 0 Å². The number of aryl methyl sites for hydroxylation is 2. The molecule has 28 heavy (non-hydrogen) atoms. The third-order valence-corrected chi connectivity index (χ3v) is 4.93. The maximum atomic E-state index is 13.2. The van der Waals surface area contributed by atoms with Gasteiger partial charge in [0.05, 0.1) is 16.8 Å². The lowest BCUT2D eigenvalue weighted by molar-refractivity contribution is 0.102. The molecule has 0 radical (unpaired) electrons. The first-order chi connectivity index (χ1) is 13.4. The molecule has 0 spiro atoms. The highest BCUT2D eigenvalue weighted by atomic mass is 35.5. The Balaban J connectivity index is 1.99. The van der Waals surface area contributed by atoms with Gasteiger partial charge in [0.15, 0.2) is 5.82 Å². The third kappa shape index (κ3) is 3.35. The van der Waals surface area contributed by atoms with E-state index < -0.39 is 0 Å². The average Bonchev–Trinajstić information content (AvgIpc) is 3.06. The molecule has 1 N–H and O–H groups in total. The summed E-state index contributed by atoms with van der Waals surface area (Å²) < 4.78 is 5.03. The number of fused-ring (bicyclic) bond motifs is 1. The first-order valence-electron chi connectivity index (χ1n) is 8.53. The minimum atomic E-state index is -0.352. The molecular formula is C21H15Cl2N3O2. The van der Waals surface area contributed by atoms with Crippen molar-refractivity contribution in [2.45, 2.75) is 13.8 Å². The number of aromatic nitrogens is 2. The number of carbonyl (C=O) groups excluding carboxylic acids is 1. The molecule has 0 atom stereocenters. The second-order valence-electron chi connectivity index (χ2n) is 6.37. The van der Waals surface area contributed by atoms with Crippen LogP contribution in [0.1, 0.15) is 21.8 Å². The molecule has 0 bridgehead atoms. The second kappa shape index (κ2) is 7.26. The van der Waals surface area contributed by atoms with Crippen molar-refractivity contribution in [2.24, 2.45) is 0 Å². The zero-order valence-corrected chi connectivity index (χ0v) is 16.6. The fourth-order valence-corrected chi connectivity index (χ4v) is 3.59. The van der Waals surface area contributed by atoms with Crippen molar-refractivity contribution in [1.82, 2.24) is 10.1 Å². The summed E-state index contributed by atoms with van der Waals surface area (Å²) in [4.78, 5) is 17.8. The van der Waals surface area contributed by atoms with Gasteiger partial charge in [-0.15, -0.1) is 0 Å². The molecule has 2 aromatic carbocycles. The van der Waals surface area contributed by atoms with Crippen molar-refractivity contribution in [1.29, 1.82) is 0 Å². The summed E-state index contributed by atoms with van der Waals surface area (Å²) in [6.45, 7) is 3.54. The van der Waals surface area contributed by atoms with E-state index in [0.717, 1.165) is 16.5 Å². The van der Waals surface area contributed by atoms with Gasteiger partial charge in [-0.05, 0) is 38.1 Å². The van der Waals surface area contributed by atoms with Crippen LogP contribution in [0.25, 0.3) is 22.0 Å². The molecule has 0 aliphatic carbocycles.